The number of rotatable bonds is 8. The topological polar surface area (TPSA) is 83.6 Å². The SMILES string of the molecule is CC(C)CN(CC(C)C)C(=O)C(N)CCC(=O)O. The fourth-order valence-electron chi connectivity index (χ4n) is 1.77. The molecular weight excluding hydrogens is 232 g/mol. The van der Waals surface area contributed by atoms with Crippen molar-refractivity contribution in [1.29, 1.82) is 0 Å². The summed E-state index contributed by atoms with van der Waals surface area (Å²) >= 11 is 0. The molecule has 18 heavy (non-hydrogen) atoms. The summed E-state index contributed by atoms with van der Waals surface area (Å²) in [6.45, 7) is 9.51. The van der Waals surface area contributed by atoms with Crippen molar-refractivity contribution in [2.75, 3.05) is 13.1 Å². The second-order valence-corrected chi connectivity index (χ2v) is 5.57. The van der Waals surface area contributed by atoms with Gasteiger partial charge in [0.25, 0.3) is 0 Å². The van der Waals surface area contributed by atoms with Crippen LogP contribution in [0.25, 0.3) is 0 Å². The zero-order chi connectivity index (χ0) is 14.3. The number of carbonyl (C=O) groups excluding carboxylic acids is 1. The van der Waals surface area contributed by atoms with Gasteiger partial charge in [0.05, 0.1) is 6.04 Å². The van der Waals surface area contributed by atoms with Crippen molar-refractivity contribution in [3.05, 3.63) is 0 Å². The van der Waals surface area contributed by atoms with E-state index in [0.29, 0.717) is 24.9 Å². The zero-order valence-electron chi connectivity index (χ0n) is 11.8. The molecule has 0 rings (SSSR count). The Hall–Kier alpha value is -1.10. The lowest BCUT2D eigenvalue weighted by Crippen LogP contribution is -2.46. The highest BCUT2D eigenvalue weighted by Gasteiger charge is 2.22. The number of nitrogens with zero attached hydrogens (tertiary/aromatic N) is 1. The maximum absolute atomic E-state index is 12.1. The summed E-state index contributed by atoms with van der Waals surface area (Å²) in [5.74, 6) is -0.310. The monoisotopic (exact) mass is 258 g/mol. The van der Waals surface area contributed by atoms with Crippen LogP contribution in [0.4, 0.5) is 0 Å². The Bertz CT molecular complexity index is 267. The highest BCUT2D eigenvalue weighted by Crippen LogP contribution is 2.08. The van der Waals surface area contributed by atoms with Gasteiger partial charge in [-0.3, -0.25) is 9.59 Å². The minimum Gasteiger partial charge on any atom is -0.481 e. The first-order valence-corrected chi connectivity index (χ1v) is 6.50. The third-order valence-electron chi connectivity index (χ3n) is 2.47. The molecule has 0 saturated carbocycles. The maximum Gasteiger partial charge on any atom is 0.303 e. The van der Waals surface area contributed by atoms with Crippen LogP contribution in [0.3, 0.4) is 0 Å². The number of hydrogen-bond acceptors (Lipinski definition) is 3. The normalized spacial score (nSPS) is 12.8. The Balaban J connectivity index is 4.47. The van der Waals surface area contributed by atoms with Gasteiger partial charge in [-0.1, -0.05) is 27.7 Å². The Kier molecular flexibility index (Phi) is 7.59. The summed E-state index contributed by atoms with van der Waals surface area (Å²) in [4.78, 5) is 24.4. The molecule has 0 aromatic heterocycles. The Morgan fingerprint density at radius 1 is 1.11 bits per heavy atom. The van der Waals surface area contributed by atoms with Gasteiger partial charge >= 0.3 is 5.97 Å². The van der Waals surface area contributed by atoms with E-state index >= 15 is 0 Å². The van der Waals surface area contributed by atoms with E-state index in [1.54, 1.807) is 4.90 Å². The van der Waals surface area contributed by atoms with Crippen LogP contribution >= 0.6 is 0 Å². The molecule has 0 saturated heterocycles. The third-order valence-corrected chi connectivity index (χ3v) is 2.47. The molecular formula is C13H26N2O3. The molecule has 1 unspecified atom stereocenters. The Morgan fingerprint density at radius 2 is 1.56 bits per heavy atom. The Labute approximate surface area is 109 Å². The summed E-state index contributed by atoms with van der Waals surface area (Å²) < 4.78 is 0. The van der Waals surface area contributed by atoms with Crippen molar-refractivity contribution in [2.45, 2.75) is 46.6 Å². The molecule has 0 aromatic rings. The van der Waals surface area contributed by atoms with E-state index in [2.05, 4.69) is 0 Å². The molecule has 0 bridgehead atoms. The molecule has 0 aliphatic carbocycles. The number of hydrogen-bond donors (Lipinski definition) is 2. The summed E-state index contributed by atoms with van der Waals surface area (Å²) in [5, 5.41) is 8.59. The molecule has 106 valence electrons. The van der Waals surface area contributed by atoms with Crippen molar-refractivity contribution in [1.82, 2.24) is 4.90 Å². The highest BCUT2D eigenvalue weighted by molar-refractivity contribution is 5.82. The molecule has 5 heteroatoms. The molecule has 3 N–H and O–H groups in total. The van der Waals surface area contributed by atoms with Crippen LogP contribution in [-0.2, 0) is 9.59 Å². The first-order chi connectivity index (χ1) is 8.23. The molecule has 0 aliphatic heterocycles. The molecule has 0 heterocycles. The molecule has 0 fully saturated rings. The van der Waals surface area contributed by atoms with Gasteiger partial charge in [-0.2, -0.15) is 0 Å². The predicted octanol–water partition coefficient (Wildman–Crippen LogP) is 1.32. The predicted molar refractivity (Wildman–Crippen MR) is 71.1 cm³/mol. The van der Waals surface area contributed by atoms with Gasteiger partial charge in [0.1, 0.15) is 0 Å². The lowest BCUT2D eigenvalue weighted by molar-refractivity contribution is -0.138. The van der Waals surface area contributed by atoms with Crippen molar-refractivity contribution >= 4 is 11.9 Å². The largest absolute Gasteiger partial charge is 0.481 e. The second kappa shape index (κ2) is 8.08. The van der Waals surface area contributed by atoms with Crippen LogP contribution < -0.4 is 5.73 Å². The minimum absolute atomic E-state index is 0.0654. The van der Waals surface area contributed by atoms with Crippen molar-refractivity contribution < 1.29 is 14.7 Å². The van der Waals surface area contributed by atoms with Crippen LogP contribution in [-0.4, -0.2) is 41.0 Å². The van der Waals surface area contributed by atoms with Gasteiger partial charge in [0, 0.05) is 19.5 Å². The van der Waals surface area contributed by atoms with Crippen LogP contribution in [0.2, 0.25) is 0 Å². The highest BCUT2D eigenvalue weighted by atomic mass is 16.4. The van der Waals surface area contributed by atoms with Crippen molar-refractivity contribution in [3.8, 4) is 0 Å². The average molecular weight is 258 g/mol. The number of carbonyl (C=O) groups is 2. The summed E-state index contributed by atoms with van der Waals surface area (Å²) in [5.41, 5.74) is 5.76. The maximum atomic E-state index is 12.1. The molecule has 1 atom stereocenters. The standard InChI is InChI=1S/C13H26N2O3/c1-9(2)7-15(8-10(3)4)13(18)11(14)5-6-12(16)17/h9-11H,5-8,14H2,1-4H3,(H,16,17). The van der Waals surface area contributed by atoms with E-state index in [4.69, 9.17) is 10.8 Å². The number of carboxylic acid groups (broad SMARTS) is 1. The number of amides is 1. The van der Waals surface area contributed by atoms with E-state index in [0.717, 1.165) is 0 Å². The lowest BCUT2D eigenvalue weighted by Gasteiger charge is -2.28. The van der Waals surface area contributed by atoms with E-state index in [1.807, 2.05) is 27.7 Å². The first kappa shape index (κ1) is 16.9. The van der Waals surface area contributed by atoms with Gasteiger partial charge in [-0.25, -0.2) is 0 Å². The van der Waals surface area contributed by atoms with Gasteiger partial charge in [0.15, 0.2) is 0 Å². The number of carboxylic acids is 1. The molecule has 1 amide bonds. The van der Waals surface area contributed by atoms with E-state index in [9.17, 15) is 9.59 Å². The van der Waals surface area contributed by atoms with Crippen LogP contribution in [0, 0.1) is 11.8 Å². The fraction of sp³-hybridized carbons (Fsp3) is 0.846. The summed E-state index contributed by atoms with van der Waals surface area (Å²) in [6, 6.07) is -0.710. The van der Waals surface area contributed by atoms with Gasteiger partial charge in [-0.05, 0) is 18.3 Å². The number of nitrogens with two attached hydrogens (primary N) is 1. The molecule has 0 aliphatic rings. The first-order valence-electron chi connectivity index (χ1n) is 6.50. The zero-order valence-corrected chi connectivity index (χ0v) is 11.8. The van der Waals surface area contributed by atoms with Crippen LogP contribution in [0.1, 0.15) is 40.5 Å². The molecule has 0 aromatic carbocycles. The minimum atomic E-state index is -0.919. The quantitative estimate of drug-likeness (QED) is 0.687. The van der Waals surface area contributed by atoms with E-state index in [-0.39, 0.29) is 18.7 Å². The molecule has 5 nitrogen and oxygen atoms in total. The second-order valence-electron chi connectivity index (χ2n) is 5.57. The van der Waals surface area contributed by atoms with Gasteiger partial charge < -0.3 is 15.7 Å². The fourth-order valence-corrected chi connectivity index (χ4v) is 1.77. The number of aliphatic carboxylic acids is 1. The van der Waals surface area contributed by atoms with Gasteiger partial charge in [-0.15, -0.1) is 0 Å². The third kappa shape index (κ3) is 7.27. The Morgan fingerprint density at radius 3 is 1.89 bits per heavy atom. The van der Waals surface area contributed by atoms with E-state index < -0.39 is 12.0 Å². The van der Waals surface area contributed by atoms with E-state index in [1.165, 1.54) is 0 Å². The summed E-state index contributed by atoms with van der Waals surface area (Å²) in [6.07, 6.45) is 0.130. The average Bonchev–Trinajstić information content (AvgIpc) is 2.22. The van der Waals surface area contributed by atoms with Crippen molar-refractivity contribution in [3.63, 3.8) is 0 Å². The van der Waals surface area contributed by atoms with Crippen LogP contribution in [0.15, 0.2) is 0 Å². The smallest absolute Gasteiger partial charge is 0.303 e. The lowest BCUT2D eigenvalue weighted by atomic mass is 10.1. The summed E-state index contributed by atoms with van der Waals surface area (Å²) in [7, 11) is 0. The van der Waals surface area contributed by atoms with Gasteiger partial charge in [0.2, 0.25) is 5.91 Å². The molecule has 0 radical (unpaired) electrons. The molecule has 0 spiro atoms. The van der Waals surface area contributed by atoms with Crippen molar-refractivity contribution in [2.24, 2.45) is 17.6 Å². The van der Waals surface area contributed by atoms with Crippen LogP contribution in [0.5, 0.6) is 0 Å².